The first kappa shape index (κ1) is 15.4. The molecule has 1 aromatic carbocycles. The van der Waals surface area contributed by atoms with Gasteiger partial charge in [0.2, 0.25) is 5.91 Å². The van der Waals surface area contributed by atoms with Gasteiger partial charge in [-0.15, -0.1) is 0 Å². The summed E-state index contributed by atoms with van der Waals surface area (Å²) in [4.78, 5) is 14.9. The Morgan fingerprint density at radius 3 is 3.00 bits per heavy atom. The largest absolute Gasteiger partial charge is 0.492 e. The zero-order chi connectivity index (χ0) is 15.4. The summed E-state index contributed by atoms with van der Waals surface area (Å²) in [5.41, 5.74) is 1.17. The molecule has 1 amide bonds. The zero-order valence-electron chi connectivity index (χ0n) is 13.6. The number of fused-ring (bicyclic) bond motifs is 1. The number of para-hydroxylation sites is 1. The van der Waals surface area contributed by atoms with Gasteiger partial charge in [0.05, 0.1) is 5.92 Å². The number of carbonyl (C=O) groups is 1. The molecular weight excluding hydrogens is 274 g/mol. The quantitative estimate of drug-likeness (QED) is 0.852. The summed E-state index contributed by atoms with van der Waals surface area (Å²) in [5.74, 6) is 2.06. The highest BCUT2D eigenvalue weighted by Crippen LogP contribution is 2.29. The summed E-state index contributed by atoms with van der Waals surface area (Å²) in [5, 5.41) is 0. The van der Waals surface area contributed by atoms with Crippen LogP contribution in [-0.2, 0) is 11.2 Å². The highest BCUT2D eigenvalue weighted by atomic mass is 16.5. The summed E-state index contributed by atoms with van der Waals surface area (Å²) in [6, 6.07) is 8.09. The first-order valence-electron chi connectivity index (χ1n) is 8.77. The third-order valence-corrected chi connectivity index (χ3v) is 5.08. The molecule has 2 heterocycles. The smallest absolute Gasteiger partial charge is 0.229 e. The van der Waals surface area contributed by atoms with E-state index in [0.29, 0.717) is 12.5 Å². The molecule has 3 nitrogen and oxygen atoms in total. The van der Waals surface area contributed by atoms with Gasteiger partial charge in [-0.25, -0.2) is 0 Å². The first-order chi connectivity index (χ1) is 10.8. The molecule has 0 aromatic heterocycles. The lowest BCUT2D eigenvalue weighted by Gasteiger charge is -2.29. The molecule has 3 heteroatoms. The molecule has 2 atom stereocenters. The van der Waals surface area contributed by atoms with Crippen LogP contribution in [0, 0.1) is 11.8 Å². The summed E-state index contributed by atoms with van der Waals surface area (Å²) >= 11 is 0. The van der Waals surface area contributed by atoms with E-state index < -0.39 is 0 Å². The third kappa shape index (κ3) is 3.45. The van der Waals surface area contributed by atoms with Gasteiger partial charge >= 0.3 is 0 Å². The lowest BCUT2D eigenvalue weighted by atomic mass is 9.95. The number of nitrogens with zero attached hydrogens (tertiary/aromatic N) is 1. The van der Waals surface area contributed by atoms with Crippen LogP contribution < -0.4 is 4.74 Å². The molecule has 0 bridgehead atoms. The van der Waals surface area contributed by atoms with Crippen LogP contribution in [0.15, 0.2) is 24.3 Å². The van der Waals surface area contributed by atoms with Gasteiger partial charge in [-0.05, 0) is 43.2 Å². The summed E-state index contributed by atoms with van der Waals surface area (Å²) in [6.45, 7) is 4.65. The number of hydrogen-bond acceptors (Lipinski definition) is 2. The molecule has 2 aliphatic rings. The Morgan fingerprint density at radius 1 is 1.27 bits per heavy atom. The molecule has 0 aliphatic carbocycles. The highest BCUT2D eigenvalue weighted by molar-refractivity contribution is 5.79. The minimum atomic E-state index is -0.00220. The van der Waals surface area contributed by atoms with Gasteiger partial charge in [0.15, 0.2) is 0 Å². The van der Waals surface area contributed by atoms with Crippen LogP contribution in [-0.4, -0.2) is 30.5 Å². The van der Waals surface area contributed by atoms with Crippen LogP contribution in [0.4, 0.5) is 0 Å². The molecule has 1 aromatic rings. The van der Waals surface area contributed by atoms with Crippen molar-refractivity contribution < 1.29 is 9.53 Å². The zero-order valence-corrected chi connectivity index (χ0v) is 13.6. The number of likely N-dealkylation sites (tertiary alicyclic amines) is 1. The number of ether oxygens (including phenoxy) is 1. The molecule has 120 valence electrons. The van der Waals surface area contributed by atoms with Crippen LogP contribution >= 0.6 is 0 Å². The van der Waals surface area contributed by atoms with Gasteiger partial charge in [-0.1, -0.05) is 38.0 Å². The molecule has 0 N–H and O–H groups in total. The molecule has 2 unspecified atom stereocenters. The van der Waals surface area contributed by atoms with Crippen molar-refractivity contribution in [1.82, 2.24) is 4.90 Å². The lowest BCUT2D eigenvalue weighted by Crippen LogP contribution is -2.41. The molecule has 1 fully saturated rings. The van der Waals surface area contributed by atoms with Crippen molar-refractivity contribution in [3.05, 3.63) is 29.8 Å². The second-order valence-electron chi connectivity index (χ2n) is 6.73. The van der Waals surface area contributed by atoms with E-state index in [-0.39, 0.29) is 5.92 Å². The number of amides is 1. The second-order valence-corrected chi connectivity index (χ2v) is 6.73. The van der Waals surface area contributed by atoms with Gasteiger partial charge < -0.3 is 9.64 Å². The fraction of sp³-hybridized carbons (Fsp3) is 0.632. The van der Waals surface area contributed by atoms with Gasteiger partial charge in [-0.3, -0.25) is 4.79 Å². The topological polar surface area (TPSA) is 29.5 Å². The number of benzene rings is 1. The Balaban J connectivity index is 1.60. The number of hydrogen-bond donors (Lipinski definition) is 0. The minimum Gasteiger partial charge on any atom is -0.492 e. The third-order valence-electron chi connectivity index (χ3n) is 5.08. The van der Waals surface area contributed by atoms with E-state index in [9.17, 15) is 4.79 Å². The van der Waals surface area contributed by atoms with Crippen LogP contribution in [0.3, 0.4) is 0 Å². The van der Waals surface area contributed by atoms with Crippen molar-refractivity contribution in [3.63, 3.8) is 0 Å². The first-order valence-corrected chi connectivity index (χ1v) is 8.77. The average Bonchev–Trinajstić information content (AvgIpc) is 2.80. The van der Waals surface area contributed by atoms with E-state index in [1.807, 2.05) is 18.2 Å². The lowest BCUT2D eigenvalue weighted by molar-refractivity contribution is -0.136. The summed E-state index contributed by atoms with van der Waals surface area (Å²) in [7, 11) is 0. The Morgan fingerprint density at radius 2 is 2.14 bits per heavy atom. The summed E-state index contributed by atoms with van der Waals surface area (Å²) in [6.07, 6.45) is 6.99. The van der Waals surface area contributed by atoms with Crippen molar-refractivity contribution in [2.45, 2.75) is 45.4 Å². The Labute approximate surface area is 133 Å². The van der Waals surface area contributed by atoms with Crippen molar-refractivity contribution in [3.8, 4) is 5.75 Å². The maximum Gasteiger partial charge on any atom is 0.229 e. The maximum absolute atomic E-state index is 12.8. The van der Waals surface area contributed by atoms with Crippen molar-refractivity contribution in [2.24, 2.45) is 11.8 Å². The van der Waals surface area contributed by atoms with E-state index >= 15 is 0 Å². The molecule has 22 heavy (non-hydrogen) atoms. The number of carbonyl (C=O) groups excluding carboxylic acids is 1. The van der Waals surface area contributed by atoms with Gasteiger partial charge in [-0.2, -0.15) is 0 Å². The predicted octanol–water partition coefficient (Wildman–Crippen LogP) is 3.67. The predicted molar refractivity (Wildman–Crippen MR) is 88.0 cm³/mol. The van der Waals surface area contributed by atoms with Crippen LogP contribution in [0.1, 0.15) is 44.6 Å². The normalized spacial score (nSPS) is 25.0. The van der Waals surface area contributed by atoms with Crippen molar-refractivity contribution >= 4 is 5.91 Å². The fourth-order valence-corrected chi connectivity index (χ4v) is 3.83. The van der Waals surface area contributed by atoms with Gasteiger partial charge in [0.25, 0.3) is 0 Å². The molecule has 3 rings (SSSR count). The Kier molecular flexibility index (Phi) is 5.01. The monoisotopic (exact) mass is 301 g/mol. The molecular formula is C19H27NO2. The fourth-order valence-electron chi connectivity index (χ4n) is 3.83. The van der Waals surface area contributed by atoms with E-state index in [4.69, 9.17) is 4.74 Å². The Bertz CT molecular complexity index is 514. The molecule has 0 radical (unpaired) electrons. The SMILES string of the molecule is CCCC1CCCN(C(=O)C2COc3ccccc3C2)CC1. The second kappa shape index (κ2) is 7.17. The van der Waals surface area contributed by atoms with Crippen molar-refractivity contribution in [1.29, 1.82) is 0 Å². The molecule has 0 saturated carbocycles. The van der Waals surface area contributed by atoms with Gasteiger partial charge in [0.1, 0.15) is 12.4 Å². The number of rotatable bonds is 3. The molecule has 0 spiro atoms. The van der Waals surface area contributed by atoms with E-state index in [1.54, 1.807) is 0 Å². The van der Waals surface area contributed by atoms with E-state index in [0.717, 1.165) is 37.6 Å². The van der Waals surface area contributed by atoms with Crippen LogP contribution in [0.2, 0.25) is 0 Å². The van der Waals surface area contributed by atoms with E-state index in [1.165, 1.54) is 31.2 Å². The minimum absolute atomic E-state index is 0.00220. The Hall–Kier alpha value is -1.51. The van der Waals surface area contributed by atoms with Crippen molar-refractivity contribution in [2.75, 3.05) is 19.7 Å². The van der Waals surface area contributed by atoms with E-state index in [2.05, 4.69) is 17.9 Å². The molecule has 2 aliphatic heterocycles. The van der Waals surface area contributed by atoms with Crippen LogP contribution in [0.5, 0.6) is 5.75 Å². The molecule has 1 saturated heterocycles. The highest BCUT2D eigenvalue weighted by Gasteiger charge is 2.30. The van der Waals surface area contributed by atoms with Crippen LogP contribution in [0.25, 0.3) is 0 Å². The average molecular weight is 301 g/mol. The standard InChI is InChI=1S/C19H27NO2/c1-2-6-15-7-5-11-20(12-10-15)19(21)17-13-16-8-3-4-9-18(16)22-14-17/h3-4,8-9,15,17H,2,5-7,10-14H2,1H3. The summed E-state index contributed by atoms with van der Waals surface area (Å²) < 4.78 is 5.79. The maximum atomic E-state index is 12.8. The van der Waals surface area contributed by atoms with Gasteiger partial charge in [0, 0.05) is 13.1 Å².